The molecule has 0 rings (SSSR count). The van der Waals surface area contributed by atoms with Crippen molar-refractivity contribution in [3.05, 3.63) is 25.3 Å². The Kier molecular flexibility index (Phi) is 14.0. The molecule has 0 radical (unpaired) electrons. The van der Waals surface area contributed by atoms with Gasteiger partial charge in [0.25, 0.3) is 0 Å². The first-order valence-electron chi connectivity index (χ1n) is 7.44. The van der Waals surface area contributed by atoms with Crippen LogP contribution in [0.15, 0.2) is 25.3 Å². The van der Waals surface area contributed by atoms with E-state index >= 15 is 0 Å². The van der Waals surface area contributed by atoms with Gasteiger partial charge in [-0.05, 0) is 32.4 Å². The molecule has 3 N–H and O–H groups in total. The lowest BCUT2D eigenvalue weighted by molar-refractivity contribution is 0.157. The largest absolute Gasteiger partial charge is 0.445 e. The lowest BCUT2D eigenvalue weighted by Crippen LogP contribution is -2.28. The summed E-state index contributed by atoms with van der Waals surface area (Å²) in [4.78, 5) is 22.2. The van der Waals surface area contributed by atoms with Gasteiger partial charge in [0, 0.05) is 13.1 Å². The minimum Gasteiger partial charge on any atom is -0.445 e. The van der Waals surface area contributed by atoms with Gasteiger partial charge in [-0.2, -0.15) is 0 Å². The summed E-state index contributed by atoms with van der Waals surface area (Å²) in [5.41, 5.74) is 0. The molecule has 0 aromatic heterocycles. The number of ether oxygens (including phenoxy) is 2. The van der Waals surface area contributed by atoms with E-state index in [9.17, 15) is 9.59 Å². The second-order valence-corrected chi connectivity index (χ2v) is 4.44. The highest BCUT2D eigenvalue weighted by Crippen LogP contribution is 1.87. The maximum absolute atomic E-state index is 11.1. The first-order chi connectivity index (χ1) is 10.7. The summed E-state index contributed by atoms with van der Waals surface area (Å²) >= 11 is 0. The van der Waals surface area contributed by atoms with E-state index in [0.717, 1.165) is 32.4 Å². The maximum atomic E-state index is 11.1. The van der Waals surface area contributed by atoms with Gasteiger partial charge in [-0.3, -0.25) is 0 Å². The molecular formula is C15H27N3O4. The molecule has 0 saturated carbocycles. The molecule has 0 spiro atoms. The first-order valence-corrected chi connectivity index (χ1v) is 7.44. The Morgan fingerprint density at radius 1 is 0.773 bits per heavy atom. The second kappa shape index (κ2) is 15.4. The number of rotatable bonds is 13. The lowest BCUT2D eigenvalue weighted by Gasteiger charge is -2.07. The SMILES string of the molecule is C=CCOC(=O)NCCCCNCCCNC(=O)OCC=C. The van der Waals surface area contributed by atoms with Crippen LogP contribution in [0.4, 0.5) is 9.59 Å². The molecule has 0 aromatic carbocycles. The van der Waals surface area contributed by atoms with E-state index in [4.69, 9.17) is 9.47 Å². The fraction of sp³-hybridized carbons (Fsp3) is 0.600. The van der Waals surface area contributed by atoms with E-state index in [0.29, 0.717) is 13.1 Å². The van der Waals surface area contributed by atoms with Gasteiger partial charge in [0.2, 0.25) is 0 Å². The fourth-order valence-electron chi connectivity index (χ4n) is 1.47. The Morgan fingerprint density at radius 2 is 1.23 bits per heavy atom. The van der Waals surface area contributed by atoms with Crippen molar-refractivity contribution in [1.82, 2.24) is 16.0 Å². The molecule has 7 nitrogen and oxygen atoms in total. The third kappa shape index (κ3) is 14.4. The van der Waals surface area contributed by atoms with Crippen LogP contribution in [0.25, 0.3) is 0 Å². The van der Waals surface area contributed by atoms with E-state index in [2.05, 4.69) is 29.1 Å². The van der Waals surface area contributed by atoms with Gasteiger partial charge in [0.1, 0.15) is 13.2 Å². The van der Waals surface area contributed by atoms with Crippen LogP contribution in [0.1, 0.15) is 19.3 Å². The number of nitrogens with one attached hydrogen (secondary N) is 3. The van der Waals surface area contributed by atoms with Crippen molar-refractivity contribution >= 4 is 12.2 Å². The number of carbonyl (C=O) groups excluding carboxylic acids is 2. The highest BCUT2D eigenvalue weighted by molar-refractivity contribution is 5.67. The van der Waals surface area contributed by atoms with Gasteiger partial charge in [-0.1, -0.05) is 25.3 Å². The highest BCUT2D eigenvalue weighted by atomic mass is 16.6. The molecule has 0 aliphatic rings. The van der Waals surface area contributed by atoms with Gasteiger partial charge < -0.3 is 25.4 Å². The van der Waals surface area contributed by atoms with E-state index in [1.54, 1.807) is 0 Å². The highest BCUT2D eigenvalue weighted by Gasteiger charge is 1.99. The molecule has 2 amide bonds. The molecular weight excluding hydrogens is 286 g/mol. The van der Waals surface area contributed by atoms with Gasteiger partial charge in [0.05, 0.1) is 0 Å². The topological polar surface area (TPSA) is 88.7 Å². The van der Waals surface area contributed by atoms with Crippen molar-refractivity contribution in [2.45, 2.75) is 19.3 Å². The van der Waals surface area contributed by atoms with Crippen molar-refractivity contribution in [3.63, 3.8) is 0 Å². The molecule has 0 aliphatic heterocycles. The van der Waals surface area contributed by atoms with E-state index in [-0.39, 0.29) is 13.2 Å². The third-order valence-electron chi connectivity index (χ3n) is 2.51. The summed E-state index contributed by atoms with van der Waals surface area (Å²) in [6.07, 6.45) is 4.87. The van der Waals surface area contributed by atoms with Crippen LogP contribution in [-0.4, -0.2) is 51.6 Å². The van der Waals surface area contributed by atoms with Crippen LogP contribution in [0.3, 0.4) is 0 Å². The summed E-state index contributed by atoms with van der Waals surface area (Å²) in [7, 11) is 0. The minimum absolute atomic E-state index is 0.221. The molecule has 0 bridgehead atoms. The third-order valence-corrected chi connectivity index (χ3v) is 2.51. The number of alkyl carbamates (subject to hydrolysis) is 2. The van der Waals surface area contributed by atoms with E-state index in [1.165, 1.54) is 12.2 Å². The Labute approximate surface area is 132 Å². The van der Waals surface area contributed by atoms with Gasteiger partial charge in [-0.25, -0.2) is 9.59 Å². The fourth-order valence-corrected chi connectivity index (χ4v) is 1.47. The molecule has 0 fully saturated rings. The average molecular weight is 313 g/mol. The monoisotopic (exact) mass is 313 g/mol. The van der Waals surface area contributed by atoms with Crippen LogP contribution in [-0.2, 0) is 9.47 Å². The van der Waals surface area contributed by atoms with Crippen molar-refractivity contribution in [3.8, 4) is 0 Å². The zero-order chi connectivity index (χ0) is 16.5. The molecule has 0 atom stereocenters. The Hall–Kier alpha value is -2.02. The molecule has 0 saturated heterocycles. The lowest BCUT2D eigenvalue weighted by atomic mass is 10.3. The van der Waals surface area contributed by atoms with Crippen molar-refractivity contribution in [2.24, 2.45) is 0 Å². The summed E-state index contributed by atoms with van der Waals surface area (Å²) in [5.74, 6) is 0. The standard InChI is InChI=1S/C15H27N3O4/c1-3-12-21-14(19)17-10-6-5-8-16-9-7-11-18-15(20)22-13-4-2/h3-4,16H,1-2,5-13H2,(H,17,19)(H,18,20). The van der Waals surface area contributed by atoms with Gasteiger partial charge in [-0.15, -0.1) is 0 Å². The number of hydrogen-bond acceptors (Lipinski definition) is 5. The number of hydrogen-bond donors (Lipinski definition) is 3. The van der Waals surface area contributed by atoms with Crippen LogP contribution >= 0.6 is 0 Å². The quantitative estimate of drug-likeness (QED) is 0.355. The first kappa shape index (κ1) is 20.0. The summed E-state index contributed by atoms with van der Waals surface area (Å²) in [5, 5.41) is 8.55. The second-order valence-electron chi connectivity index (χ2n) is 4.44. The maximum Gasteiger partial charge on any atom is 0.407 e. The zero-order valence-corrected chi connectivity index (χ0v) is 13.1. The predicted molar refractivity (Wildman–Crippen MR) is 85.8 cm³/mol. The van der Waals surface area contributed by atoms with Crippen LogP contribution < -0.4 is 16.0 Å². The van der Waals surface area contributed by atoms with E-state index in [1.807, 2.05) is 0 Å². The Bertz CT molecular complexity index is 303. The van der Waals surface area contributed by atoms with Gasteiger partial charge >= 0.3 is 12.2 Å². The molecule has 0 aliphatic carbocycles. The predicted octanol–water partition coefficient (Wildman–Crippen LogP) is 1.57. The number of carbonyl (C=O) groups is 2. The Morgan fingerprint density at radius 3 is 1.77 bits per heavy atom. The molecule has 22 heavy (non-hydrogen) atoms. The molecule has 0 aromatic rings. The van der Waals surface area contributed by atoms with Crippen LogP contribution in [0, 0.1) is 0 Å². The summed E-state index contributed by atoms with van der Waals surface area (Å²) < 4.78 is 9.54. The zero-order valence-electron chi connectivity index (χ0n) is 13.1. The van der Waals surface area contributed by atoms with E-state index < -0.39 is 12.2 Å². The molecule has 0 heterocycles. The number of amides is 2. The average Bonchev–Trinajstić information content (AvgIpc) is 2.52. The summed E-state index contributed by atoms with van der Waals surface area (Å²) in [6, 6.07) is 0. The Balaban J connectivity index is 3.20. The summed E-state index contributed by atoms with van der Waals surface area (Å²) in [6.45, 7) is 10.2. The normalized spacial score (nSPS) is 9.64. The molecule has 7 heteroatoms. The van der Waals surface area contributed by atoms with Crippen LogP contribution in [0.5, 0.6) is 0 Å². The van der Waals surface area contributed by atoms with Crippen molar-refractivity contribution < 1.29 is 19.1 Å². The smallest absolute Gasteiger partial charge is 0.407 e. The van der Waals surface area contributed by atoms with Crippen LogP contribution in [0.2, 0.25) is 0 Å². The number of unbranched alkanes of at least 4 members (excludes halogenated alkanes) is 1. The molecule has 0 unspecified atom stereocenters. The minimum atomic E-state index is -0.422. The molecule has 126 valence electrons. The van der Waals surface area contributed by atoms with Gasteiger partial charge in [0.15, 0.2) is 0 Å². The van der Waals surface area contributed by atoms with Crippen molar-refractivity contribution in [2.75, 3.05) is 39.4 Å². The van der Waals surface area contributed by atoms with Crippen molar-refractivity contribution in [1.29, 1.82) is 0 Å².